The molecule has 0 aliphatic rings. The molecule has 0 atom stereocenters. The third-order valence-electron chi connectivity index (χ3n) is 5.14. The molecular formula is C23H25N3. The normalized spacial score (nSPS) is 11.5. The molecule has 3 heteroatoms. The number of nitrogens with one attached hydrogen (secondary N) is 1. The van der Waals surface area contributed by atoms with Crippen LogP contribution < -0.4 is 5.73 Å². The Morgan fingerprint density at radius 2 is 1.88 bits per heavy atom. The Bertz CT molecular complexity index is 1070. The summed E-state index contributed by atoms with van der Waals surface area (Å²) in [5.41, 5.74) is 14.4. The maximum absolute atomic E-state index is 5.73. The fourth-order valence-corrected chi connectivity index (χ4v) is 3.95. The van der Waals surface area contributed by atoms with Gasteiger partial charge in [-0.1, -0.05) is 35.9 Å². The van der Waals surface area contributed by atoms with Gasteiger partial charge in [-0.05, 0) is 62.9 Å². The molecule has 0 bridgehead atoms. The fraction of sp³-hybridized carbons (Fsp3) is 0.261. The molecule has 0 aliphatic carbocycles. The lowest BCUT2D eigenvalue weighted by Gasteiger charge is -2.08. The summed E-state index contributed by atoms with van der Waals surface area (Å²) in [6.07, 6.45) is 5.04. The molecule has 3 nitrogen and oxygen atoms in total. The number of aromatic nitrogens is 2. The van der Waals surface area contributed by atoms with Gasteiger partial charge in [0, 0.05) is 28.0 Å². The van der Waals surface area contributed by atoms with Crippen molar-refractivity contribution >= 4 is 21.8 Å². The van der Waals surface area contributed by atoms with Gasteiger partial charge in [0.2, 0.25) is 0 Å². The molecule has 0 fully saturated rings. The molecule has 0 aliphatic heterocycles. The van der Waals surface area contributed by atoms with Gasteiger partial charge in [0.15, 0.2) is 0 Å². The van der Waals surface area contributed by atoms with Gasteiger partial charge >= 0.3 is 0 Å². The first-order valence-electron chi connectivity index (χ1n) is 9.35. The van der Waals surface area contributed by atoms with E-state index in [4.69, 9.17) is 5.73 Å². The Hall–Kier alpha value is -2.65. The van der Waals surface area contributed by atoms with Crippen molar-refractivity contribution in [3.8, 4) is 11.3 Å². The number of benzene rings is 2. The van der Waals surface area contributed by atoms with Crippen LogP contribution in [-0.4, -0.2) is 16.5 Å². The Kier molecular flexibility index (Phi) is 4.48. The van der Waals surface area contributed by atoms with E-state index in [1.54, 1.807) is 0 Å². The van der Waals surface area contributed by atoms with E-state index in [1.165, 1.54) is 44.2 Å². The summed E-state index contributed by atoms with van der Waals surface area (Å²) < 4.78 is 0. The van der Waals surface area contributed by atoms with Gasteiger partial charge in [0.1, 0.15) is 0 Å². The van der Waals surface area contributed by atoms with Crippen LogP contribution in [0.2, 0.25) is 0 Å². The molecule has 0 radical (unpaired) electrons. The van der Waals surface area contributed by atoms with Gasteiger partial charge < -0.3 is 10.7 Å². The predicted molar refractivity (Wildman–Crippen MR) is 111 cm³/mol. The van der Waals surface area contributed by atoms with Crippen molar-refractivity contribution in [3.63, 3.8) is 0 Å². The Morgan fingerprint density at radius 3 is 2.73 bits per heavy atom. The van der Waals surface area contributed by atoms with E-state index < -0.39 is 0 Å². The number of fused-ring (bicyclic) bond motifs is 2. The topological polar surface area (TPSA) is 54.7 Å². The van der Waals surface area contributed by atoms with E-state index in [9.17, 15) is 0 Å². The minimum Gasteiger partial charge on any atom is -0.354 e. The number of nitrogens with zero attached hydrogens (tertiary/aromatic N) is 1. The highest BCUT2D eigenvalue weighted by atomic mass is 14.7. The van der Waals surface area contributed by atoms with Crippen LogP contribution in [0.15, 0.2) is 48.7 Å². The Morgan fingerprint density at radius 1 is 1.04 bits per heavy atom. The second kappa shape index (κ2) is 6.93. The van der Waals surface area contributed by atoms with Crippen LogP contribution in [-0.2, 0) is 6.42 Å². The van der Waals surface area contributed by atoms with Crippen molar-refractivity contribution in [2.24, 2.45) is 5.73 Å². The lowest BCUT2D eigenvalue weighted by atomic mass is 9.97. The zero-order chi connectivity index (χ0) is 18.1. The maximum Gasteiger partial charge on any atom is 0.0795 e. The number of rotatable bonds is 5. The average molecular weight is 343 g/mol. The molecule has 4 rings (SSSR count). The van der Waals surface area contributed by atoms with Gasteiger partial charge in [-0.25, -0.2) is 0 Å². The van der Waals surface area contributed by atoms with E-state index in [2.05, 4.69) is 60.2 Å². The van der Waals surface area contributed by atoms with Crippen molar-refractivity contribution < 1.29 is 0 Å². The first-order chi connectivity index (χ1) is 12.7. The third-order valence-corrected chi connectivity index (χ3v) is 5.14. The van der Waals surface area contributed by atoms with Crippen LogP contribution in [0, 0.1) is 13.8 Å². The molecule has 3 N–H and O–H groups in total. The van der Waals surface area contributed by atoms with Crippen molar-refractivity contribution in [3.05, 3.63) is 65.4 Å². The molecular weight excluding hydrogens is 318 g/mol. The van der Waals surface area contributed by atoms with Gasteiger partial charge in [-0.15, -0.1) is 0 Å². The highest BCUT2D eigenvalue weighted by Crippen LogP contribution is 2.36. The zero-order valence-electron chi connectivity index (χ0n) is 15.5. The molecule has 132 valence electrons. The standard InChI is InChI=1S/C23H25N3/c1-15-13-16(2)21-20(14-15)18(9-3-4-11-24)23(26-21)19-10-5-7-17-8-6-12-25-22(17)19/h5-8,10,12-14,26H,3-4,9,11,24H2,1-2H3. The first kappa shape index (κ1) is 16.8. The maximum atomic E-state index is 5.73. The molecule has 4 aromatic rings. The molecule has 0 unspecified atom stereocenters. The SMILES string of the molecule is Cc1cc(C)c2[nH]c(-c3cccc4cccnc34)c(CCCCN)c2c1. The van der Waals surface area contributed by atoms with Gasteiger partial charge in [0.25, 0.3) is 0 Å². The van der Waals surface area contributed by atoms with Crippen molar-refractivity contribution in [1.29, 1.82) is 0 Å². The molecule has 2 aromatic carbocycles. The van der Waals surface area contributed by atoms with Crippen LogP contribution in [0.25, 0.3) is 33.1 Å². The largest absolute Gasteiger partial charge is 0.354 e. The zero-order valence-corrected chi connectivity index (χ0v) is 15.5. The van der Waals surface area contributed by atoms with Gasteiger partial charge in [0.05, 0.1) is 11.2 Å². The van der Waals surface area contributed by atoms with Crippen LogP contribution in [0.3, 0.4) is 0 Å². The number of para-hydroxylation sites is 1. The number of H-pyrrole nitrogens is 1. The lowest BCUT2D eigenvalue weighted by molar-refractivity contribution is 0.748. The van der Waals surface area contributed by atoms with E-state index >= 15 is 0 Å². The number of aromatic amines is 1. The number of nitrogens with two attached hydrogens (primary N) is 1. The van der Waals surface area contributed by atoms with Gasteiger partial charge in [-0.3, -0.25) is 4.98 Å². The third kappa shape index (κ3) is 2.89. The number of hydrogen-bond acceptors (Lipinski definition) is 2. The minimum absolute atomic E-state index is 0.742. The minimum atomic E-state index is 0.742. The Labute approximate surface area is 154 Å². The quantitative estimate of drug-likeness (QED) is 0.484. The van der Waals surface area contributed by atoms with Crippen LogP contribution in [0.4, 0.5) is 0 Å². The molecule has 0 saturated carbocycles. The molecule has 26 heavy (non-hydrogen) atoms. The average Bonchev–Trinajstić information content (AvgIpc) is 3.00. The van der Waals surface area contributed by atoms with E-state index in [0.29, 0.717) is 0 Å². The van der Waals surface area contributed by atoms with Crippen molar-refractivity contribution in [2.75, 3.05) is 6.54 Å². The van der Waals surface area contributed by atoms with Crippen LogP contribution in [0.5, 0.6) is 0 Å². The van der Waals surface area contributed by atoms with Crippen LogP contribution in [0.1, 0.15) is 29.5 Å². The summed E-state index contributed by atoms with van der Waals surface area (Å²) in [4.78, 5) is 8.39. The lowest BCUT2D eigenvalue weighted by Crippen LogP contribution is -1.99. The number of hydrogen-bond donors (Lipinski definition) is 2. The summed E-state index contributed by atoms with van der Waals surface area (Å²) in [6.45, 7) is 5.09. The Balaban J connectivity index is 1.98. The summed E-state index contributed by atoms with van der Waals surface area (Å²) >= 11 is 0. The molecule has 2 heterocycles. The second-order valence-electron chi connectivity index (χ2n) is 7.11. The van der Waals surface area contributed by atoms with Gasteiger partial charge in [-0.2, -0.15) is 0 Å². The summed E-state index contributed by atoms with van der Waals surface area (Å²) in [6, 6.07) is 15.1. The highest BCUT2D eigenvalue weighted by molar-refractivity contribution is 5.99. The van der Waals surface area contributed by atoms with Crippen molar-refractivity contribution in [1.82, 2.24) is 9.97 Å². The predicted octanol–water partition coefficient (Wildman–Crippen LogP) is 5.28. The fourth-order valence-electron chi connectivity index (χ4n) is 3.95. The molecule has 0 spiro atoms. The summed E-state index contributed by atoms with van der Waals surface area (Å²) in [5.74, 6) is 0. The smallest absolute Gasteiger partial charge is 0.0795 e. The highest BCUT2D eigenvalue weighted by Gasteiger charge is 2.17. The van der Waals surface area contributed by atoms with E-state index in [1.807, 2.05) is 12.3 Å². The molecule has 2 aromatic heterocycles. The van der Waals surface area contributed by atoms with E-state index in [0.717, 1.165) is 31.3 Å². The summed E-state index contributed by atoms with van der Waals surface area (Å²) in [7, 11) is 0. The van der Waals surface area contributed by atoms with Crippen molar-refractivity contribution in [2.45, 2.75) is 33.1 Å². The monoisotopic (exact) mass is 343 g/mol. The molecule has 0 amide bonds. The second-order valence-corrected chi connectivity index (χ2v) is 7.11. The molecule has 0 saturated heterocycles. The van der Waals surface area contributed by atoms with E-state index in [-0.39, 0.29) is 0 Å². The first-order valence-corrected chi connectivity index (χ1v) is 9.35. The summed E-state index contributed by atoms with van der Waals surface area (Å²) in [5, 5.41) is 2.51. The number of aryl methyl sites for hydroxylation is 3. The number of pyridine rings is 1. The number of unbranched alkanes of at least 4 members (excludes halogenated alkanes) is 1. The van der Waals surface area contributed by atoms with Crippen LogP contribution >= 0.6 is 0 Å².